The summed E-state index contributed by atoms with van der Waals surface area (Å²) in [5.41, 5.74) is 0.0856. The summed E-state index contributed by atoms with van der Waals surface area (Å²) < 4.78 is 13.9. The first kappa shape index (κ1) is 13.8. The van der Waals surface area contributed by atoms with Crippen molar-refractivity contribution in [1.29, 1.82) is 0 Å². The van der Waals surface area contributed by atoms with Crippen LogP contribution < -0.4 is 5.32 Å². The molecule has 1 amide bonds. The summed E-state index contributed by atoms with van der Waals surface area (Å²) in [4.78, 5) is 14.4. The fourth-order valence-corrected chi connectivity index (χ4v) is 3.49. The Morgan fingerprint density at radius 1 is 1.35 bits per heavy atom. The summed E-state index contributed by atoms with van der Waals surface area (Å²) in [6.45, 7) is 1.71. The Bertz CT molecular complexity index is 517. The molecular weight excluding hydrogens is 279 g/mol. The second-order valence-corrected chi connectivity index (χ2v) is 5.97. The van der Waals surface area contributed by atoms with Gasteiger partial charge in [-0.25, -0.2) is 4.39 Å². The minimum Gasteiger partial charge on any atom is -0.334 e. The minimum absolute atomic E-state index is 0.0856. The SMILES string of the molecule is O=C(c1cc(Cl)ccc1F)N1CCCC1C1CCCN1. The Kier molecular flexibility index (Phi) is 3.94. The first-order chi connectivity index (χ1) is 9.66. The predicted molar refractivity (Wildman–Crippen MR) is 76.5 cm³/mol. The minimum atomic E-state index is -0.496. The van der Waals surface area contributed by atoms with Gasteiger partial charge in [0, 0.05) is 23.7 Å². The van der Waals surface area contributed by atoms with Gasteiger partial charge in [0.2, 0.25) is 0 Å². The number of amides is 1. The Hall–Kier alpha value is -1.13. The van der Waals surface area contributed by atoms with Crippen molar-refractivity contribution >= 4 is 17.5 Å². The lowest BCUT2D eigenvalue weighted by atomic mass is 10.0. The van der Waals surface area contributed by atoms with E-state index in [1.54, 1.807) is 0 Å². The maximum absolute atomic E-state index is 13.9. The molecule has 0 saturated carbocycles. The molecule has 2 aliphatic rings. The third-order valence-corrected chi connectivity index (χ3v) is 4.52. The van der Waals surface area contributed by atoms with E-state index in [9.17, 15) is 9.18 Å². The van der Waals surface area contributed by atoms with E-state index in [2.05, 4.69) is 5.32 Å². The monoisotopic (exact) mass is 296 g/mol. The summed E-state index contributed by atoms with van der Waals surface area (Å²) in [6, 6.07) is 4.69. The van der Waals surface area contributed by atoms with Crippen LogP contribution in [0.5, 0.6) is 0 Å². The fraction of sp³-hybridized carbons (Fsp3) is 0.533. The Morgan fingerprint density at radius 3 is 2.95 bits per heavy atom. The van der Waals surface area contributed by atoms with Gasteiger partial charge in [-0.1, -0.05) is 11.6 Å². The topological polar surface area (TPSA) is 32.3 Å². The summed E-state index contributed by atoms with van der Waals surface area (Å²) in [7, 11) is 0. The maximum atomic E-state index is 13.9. The third-order valence-electron chi connectivity index (χ3n) is 4.28. The molecule has 1 aromatic rings. The zero-order valence-corrected chi connectivity index (χ0v) is 12.0. The van der Waals surface area contributed by atoms with Crippen molar-refractivity contribution in [2.75, 3.05) is 13.1 Å². The van der Waals surface area contributed by atoms with Crippen molar-refractivity contribution < 1.29 is 9.18 Å². The molecule has 108 valence electrons. The molecule has 2 saturated heterocycles. The molecule has 0 bridgehead atoms. The van der Waals surface area contributed by atoms with E-state index in [4.69, 9.17) is 11.6 Å². The first-order valence-corrected chi connectivity index (χ1v) is 7.54. The number of carbonyl (C=O) groups is 1. The van der Waals surface area contributed by atoms with Gasteiger partial charge in [0.05, 0.1) is 5.56 Å². The van der Waals surface area contributed by atoms with E-state index in [0.717, 1.165) is 32.2 Å². The van der Waals surface area contributed by atoms with E-state index in [0.29, 0.717) is 17.6 Å². The van der Waals surface area contributed by atoms with Crippen molar-refractivity contribution in [2.24, 2.45) is 0 Å². The van der Waals surface area contributed by atoms with Gasteiger partial charge >= 0.3 is 0 Å². The molecule has 2 heterocycles. The number of benzene rings is 1. The standard InChI is InChI=1S/C15H18ClFN2O/c16-10-5-6-12(17)11(9-10)15(20)19-8-2-4-14(19)13-3-1-7-18-13/h5-6,9,13-14,18H,1-4,7-8H2. The van der Waals surface area contributed by atoms with Gasteiger partial charge in [-0.3, -0.25) is 4.79 Å². The molecule has 0 aliphatic carbocycles. The van der Waals surface area contributed by atoms with Crippen LogP contribution in [0.2, 0.25) is 5.02 Å². The van der Waals surface area contributed by atoms with Gasteiger partial charge in [0.15, 0.2) is 0 Å². The highest BCUT2D eigenvalue weighted by Crippen LogP contribution is 2.27. The highest BCUT2D eigenvalue weighted by atomic mass is 35.5. The summed E-state index contributed by atoms with van der Waals surface area (Å²) in [5.74, 6) is -0.731. The molecule has 3 rings (SSSR count). The van der Waals surface area contributed by atoms with Crippen molar-refractivity contribution in [1.82, 2.24) is 10.2 Å². The smallest absolute Gasteiger partial charge is 0.257 e. The zero-order chi connectivity index (χ0) is 14.1. The molecule has 5 heteroatoms. The number of rotatable bonds is 2. The molecule has 2 aliphatic heterocycles. The van der Waals surface area contributed by atoms with Crippen LogP contribution in [0.1, 0.15) is 36.0 Å². The molecule has 2 unspecified atom stereocenters. The molecule has 1 N–H and O–H groups in total. The third kappa shape index (κ3) is 2.54. The quantitative estimate of drug-likeness (QED) is 0.910. The number of halogens is 2. The number of hydrogen-bond donors (Lipinski definition) is 1. The van der Waals surface area contributed by atoms with Gasteiger partial charge < -0.3 is 10.2 Å². The summed E-state index contributed by atoms with van der Waals surface area (Å²) >= 11 is 5.88. The second kappa shape index (κ2) is 5.70. The summed E-state index contributed by atoms with van der Waals surface area (Å²) in [6.07, 6.45) is 4.21. The van der Waals surface area contributed by atoms with E-state index < -0.39 is 5.82 Å². The molecule has 0 spiro atoms. The lowest BCUT2D eigenvalue weighted by molar-refractivity contribution is 0.0706. The van der Waals surface area contributed by atoms with Gasteiger partial charge in [-0.2, -0.15) is 0 Å². The van der Waals surface area contributed by atoms with Gasteiger partial charge in [0.25, 0.3) is 5.91 Å². The Labute approximate surface area is 123 Å². The van der Waals surface area contributed by atoms with E-state index in [1.807, 2.05) is 4.90 Å². The average molecular weight is 297 g/mol. The lowest BCUT2D eigenvalue weighted by Crippen LogP contribution is -2.46. The Morgan fingerprint density at radius 2 is 2.20 bits per heavy atom. The fourth-order valence-electron chi connectivity index (χ4n) is 3.32. The van der Waals surface area contributed by atoms with Crippen molar-refractivity contribution in [3.63, 3.8) is 0 Å². The van der Waals surface area contributed by atoms with Crippen LogP contribution >= 0.6 is 11.6 Å². The molecular formula is C15H18ClFN2O. The lowest BCUT2D eigenvalue weighted by Gasteiger charge is -2.29. The molecule has 2 atom stereocenters. The van der Waals surface area contributed by atoms with Crippen LogP contribution in [0.15, 0.2) is 18.2 Å². The number of nitrogens with zero attached hydrogens (tertiary/aromatic N) is 1. The number of likely N-dealkylation sites (tertiary alicyclic amines) is 1. The van der Waals surface area contributed by atoms with Crippen LogP contribution in [-0.4, -0.2) is 36.0 Å². The maximum Gasteiger partial charge on any atom is 0.257 e. The van der Waals surface area contributed by atoms with Crippen LogP contribution in [-0.2, 0) is 0 Å². The van der Waals surface area contributed by atoms with Gasteiger partial charge in [-0.05, 0) is 50.4 Å². The Balaban J connectivity index is 1.83. The zero-order valence-electron chi connectivity index (χ0n) is 11.2. The number of hydrogen-bond acceptors (Lipinski definition) is 2. The normalized spacial score (nSPS) is 26.2. The molecule has 0 radical (unpaired) electrons. The molecule has 1 aromatic carbocycles. The molecule has 0 aromatic heterocycles. The van der Waals surface area contributed by atoms with Gasteiger partial charge in [-0.15, -0.1) is 0 Å². The largest absolute Gasteiger partial charge is 0.334 e. The van der Waals surface area contributed by atoms with Crippen LogP contribution in [0, 0.1) is 5.82 Å². The molecule has 3 nitrogen and oxygen atoms in total. The van der Waals surface area contributed by atoms with E-state index >= 15 is 0 Å². The molecule has 2 fully saturated rings. The van der Waals surface area contributed by atoms with E-state index in [1.165, 1.54) is 18.2 Å². The number of nitrogens with one attached hydrogen (secondary N) is 1. The average Bonchev–Trinajstić information content (AvgIpc) is 3.10. The van der Waals surface area contributed by atoms with Crippen LogP contribution in [0.4, 0.5) is 4.39 Å². The van der Waals surface area contributed by atoms with Crippen molar-refractivity contribution in [3.8, 4) is 0 Å². The highest BCUT2D eigenvalue weighted by Gasteiger charge is 2.36. The molecule has 20 heavy (non-hydrogen) atoms. The van der Waals surface area contributed by atoms with Crippen molar-refractivity contribution in [2.45, 2.75) is 37.8 Å². The first-order valence-electron chi connectivity index (χ1n) is 7.16. The van der Waals surface area contributed by atoms with Gasteiger partial charge in [0.1, 0.15) is 5.82 Å². The van der Waals surface area contributed by atoms with Crippen LogP contribution in [0.3, 0.4) is 0 Å². The van der Waals surface area contributed by atoms with Crippen LogP contribution in [0.25, 0.3) is 0 Å². The predicted octanol–water partition coefficient (Wildman–Crippen LogP) is 2.84. The number of carbonyl (C=O) groups excluding carboxylic acids is 1. The second-order valence-electron chi connectivity index (χ2n) is 5.54. The van der Waals surface area contributed by atoms with Crippen molar-refractivity contribution in [3.05, 3.63) is 34.6 Å². The van der Waals surface area contributed by atoms with E-state index in [-0.39, 0.29) is 17.5 Å². The summed E-state index contributed by atoms with van der Waals surface area (Å²) in [5, 5.41) is 3.84. The highest BCUT2D eigenvalue weighted by molar-refractivity contribution is 6.31.